The van der Waals surface area contributed by atoms with E-state index in [-0.39, 0.29) is 6.10 Å². The predicted octanol–water partition coefficient (Wildman–Crippen LogP) is 3.31. The fourth-order valence-corrected chi connectivity index (χ4v) is 3.20. The summed E-state index contributed by atoms with van der Waals surface area (Å²) in [5.74, 6) is 1.11. The van der Waals surface area contributed by atoms with E-state index < -0.39 is 0 Å². The Morgan fingerprint density at radius 2 is 2.04 bits per heavy atom. The topological polar surface area (TPSA) is 49.2 Å². The lowest BCUT2D eigenvalue weighted by molar-refractivity contribution is 0.127. The summed E-state index contributed by atoms with van der Waals surface area (Å²) in [5.41, 5.74) is 2.96. The third-order valence-electron chi connectivity index (χ3n) is 4.39. The molecule has 2 heterocycles. The largest absolute Gasteiger partial charge is 0.393 e. The monoisotopic (exact) mass is 331 g/mol. The Kier molecular flexibility index (Phi) is 4.95. The number of rotatable bonds is 4. The molecule has 4 nitrogen and oxygen atoms in total. The number of aliphatic hydroxyl groups excluding tert-OH is 1. The standard InChI is InChI=1S/C18H22ClN3O/c1-12-9-17(11-22-8-7-15(10-22)13(2)23)21-18(20-12)14-3-5-16(19)6-4-14/h3-6,9,13,15,23H,7-8,10-11H2,1-2H3. The fraction of sp³-hybridized carbons (Fsp3) is 0.444. The number of aliphatic hydroxyl groups is 1. The molecule has 1 aromatic carbocycles. The Balaban J connectivity index is 1.77. The van der Waals surface area contributed by atoms with Crippen molar-refractivity contribution in [2.24, 2.45) is 5.92 Å². The molecule has 0 aliphatic carbocycles. The number of benzene rings is 1. The van der Waals surface area contributed by atoms with Crippen molar-refractivity contribution in [3.63, 3.8) is 0 Å². The van der Waals surface area contributed by atoms with Gasteiger partial charge in [-0.15, -0.1) is 0 Å². The van der Waals surface area contributed by atoms with Gasteiger partial charge in [-0.2, -0.15) is 0 Å². The molecule has 3 rings (SSSR count). The predicted molar refractivity (Wildman–Crippen MR) is 92.3 cm³/mol. The minimum absolute atomic E-state index is 0.239. The summed E-state index contributed by atoms with van der Waals surface area (Å²) in [5, 5.41) is 10.4. The molecule has 2 aromatic rings. The SMILES string of the molecule is Cc1cc(CN2CCC(C(C)O)C2)nc(-c2ccc(Cl)cc2)n1. The van der Waals surface area contributed by atoms with Gasteiger partial charge in [0.1, 0.15) is 0 Å². The first-order valence-corrected chi connectivity index (χ1v) is 8.40. The number of nitrogens with zero attached hydrogens (tertiary/aromatic N) is 3. The van der Waals surface area contributed by atoms with Crippen molar-refractivity contribution in [3.05, 3.63) is 46.7 Å². The molecule has 1 saturated heterocycles. The first-order chi connectivity index (χ1) is 11.0. The van der Waals surface area contributed by atoms with Crippen molar-refractivity contribution < 1.29 is 5.11 Å². The van der Waals surface area contributed by atoms with E-state index in [2.05, 4.69) is 9.88 Å². The molecular formula is C18H22ClN3O. The van der Waals surface area contributed by atoms with Gasteiger partial charge in [0.05, 0.1) is 11.8 Å². The van der Waals surface area contributed by atoms with E-state index in [9.17, 15) is 5.11 Å². The van der Waals surface area contributed by atoms with Gasteiger partial charge < -0.3 is 5.11 Å². The summed E-state index contributed by atoms with van der Waals surface area (Å²) in [6.45, 7) is 6.61. The van der Waals surface area contributed by atoms with Crippen LogP contribution in [0.15, 0.2) is 30.3 Å². The highest BCUT2D eigenvalue weighted by Gasteiger charge is 2.26. The molecule has 1 fully saturated rings. The van der Waals surface area contributed by atoms with Crippen LogP contribution >= 0.6 is 11.6 Å². The van der Waals surface area contributed by atoms with Crippen LogP contribution in [-0.4, -0.2) is 39.2 Å². The van der Waals surface area contributed by atoms with Gasteiger partial charge in [-0.3, -0.25) is 4.90 Å². The molecule has 1 aliphatic heterocycles. The molecule has 1 aromatic heterocycles. The average molecular weight is 332 g/mol. The molecule has 0 bridgehead atoms. The van der Waals surface area contributed by atoms with Gasteiger partial charge in [0.15, 0.2) is 5.82 Å². The number of aromatic nitrogens is 2. The number of hydrogen-bond donors (Lipinski definition) is 1. The molecule has 122 valence electrons. The highest BCUT2D eigenvalue weighted by molar-refractivity contribution is 6.30. The maximum absolute atomic E-state index is 9.73. The van der Waals surface area contributed by atoms with Crippen molar-refractivity contribution in [3.8, 4) is 11.4 Å². The zero-order valence-corrected chi connectivity index (χ0v) is 14.3. The number of likely N-dealkylation sites (tertiary alicyclic amines) is 1. The number of halogens is 1. The van der Waals surface area contributed by atoms with Gasteiger partial charge in [0.2, 0.25) is 0 Å². The van der Waals surface area contributed by atoms with Crippen molar-refractivity contribution in [1.29, 1.82) is 0 Å². The van der Waals surface area contributed by atoms with E-state index in [0.29, 0.717) is 10.9 Å². The quantitative estimate of drug-likeness (QED) is 0.933. The van der Waals surface area contributed by atoms with Crippen LogP contribution in [0.3, 0.4) is 0 Å². The Morgan fingerprint density at radius 1 is 1.30 bits per heavy atom. The van der Waals surface area contributed by atoms with Crippen LogP contribution in [0, 0.1) is 12.8 Å². The molecule has 2 atom stereocenters. The molecule has 0 amide bonds. The molecule has 5 heteroatoms. The van der Waals surface area contributed by atoms with E-state index in [0.717, 1.165) is 48.8 Å². The van der Waals surface area contributed by atoms with Crippen LogP contribution in [-0.2, 0) is 6.54 Å². The first-order valence-electron chi connectivity index (χ1n) is 8.02. The van der Waals surface area contributed by atoms with E-state index >= 15 is 0 Å². The van der Waals surface area contributed by atoms with Gasteiger partial charge >= 0.3 is 0 Å². The average Bonchev–Trinajstić information content (AvgIpc) is 2.96. The minimum atomic E-state index is -0.239. The molecule has 0 saturated carbocycles. The van der Waals surface area contributed by atoms with Gasteiger partial charge in [-0.25, -0.2) is 9.97 Å². The first kappa shape index (κ1) is 16.4. The summed E-state index contributed by atoms with van der Waals surface area (Å²) >= 11 is 5.95. The van der Waals surface area contributed by atoms with Crippen LogP contribution in [0.4, 0.5) is 0 Å². The third-order valence-corrected chi connectivity index (χ3v) is 4.64. The van der Waals surface area contributed by atoms with Gasteiger partial charge in [-0.05, 0) is 63.1 Å². The summed E-state index contributed by atoms with van der Waals surface area (Å²) in [6.07, 6.45) is 0.808. The molecule has 23 heavy (non-hydrogen) atoms. The lowest BCUT2D eigenvalue weighted by atomic mass is 10.0. The van der Waals surface area contributed by atoms with Crippen molar-refractivity contribution in [2.45, 2.75) is 32.9 Å². The number of aryl methyl sites for hydroxylation is 1. The Hall–Kier alpha value is -1.49. The summed E-state index contributed by atoms with van der Waals surface area (Å²) in [7, 11) is 0. The molecule has 2 unspecified atom stereocenters. The molecule has 0 radical (unpaired) electrons. The Morgan fingerprint density at radius 3 is 2.70 bits per heavy atom. The molecule has 1 aliphatic rings. The molecular weight excluding hydrogens is 310 g/mol. The van der Waals surface area contributed by atoms with Crippen LogP contribution in [0.25, 0.3) is 11.4 Å². The lowest BCUT2D eigenvalue weighted by Crippen LogP contribution is -2.24. The second kappa shape index (κ2) is 6.95. The van der Waals surface area contributed by atoms with Crippen LogP contribution < -0.4 is 0 Å². The van der Waals surface area contributed by atoms with Crippen molar-refractivity contribution >= 4 is 11.6 Å². The highest BCUT2D eigenvalue weighted by Crippen LogP contribution is 2.23. The van der Waals surface area contributed by atoms with Crippen LogP contribution in [0.5, 0.6) is 0 Å². The van der Waals surface area contributed by atoms with E-state index in [4.69, 9.17) is 16.6 Å². The Bertz CT molecular complexity index is 672. The van der Waals surface area contributed by atoms with E-state index in [1.807, 2.05) is 44.2 Å². The zero-order valence-electron chi connectivity index (χ0n) is 13.5. The smallest absolute Gasteiger partial charge is 0.159 e. The van der Waals surface area contributed by atoms with Crippen LogP contribution in [0.1, 0.15) is 24.7 Å². The second-order valence-electron chi connectivity index (χ2n) is 6.36. The third kappa shape index (κ3) is 4.08. The maximum Gasteiger partial charge on any atom is 0.159 e. The van der Waals surface area contributed by atoms with Crippen LogP contribution in [0.2, 0.25) is 5.02 Å². The number of hydrogen-bond acceptors (Lipinski definition) is 4. The summed E-state index contributed by atoms with van der Waals surface area (Å²) in [4.78, 5) is 11.6. The minimum Gasteiger partial charge on any atom is -0.393 e. The molecule has 1 N–H and O–H groups in total. The highest BCUT2D eigenvalue weighted by atomic mass is 35.5. The maximum atomic E-state index is 9.73. The summed E-state index contributed by atoms with van der Waals surface area (Å²) in [6, 6.07) is 9.64. The summed E-state index contributed by atoms with van der Waals surface area (Å²) < 4.78 is 0. The normalized spacial score (nSPS) is 19.9. The second-order valence-corrected chi connectivity index (χ2v) is 6.79. The molecule has 0 spiro atoms. The zero-order chi connectivity index (χ0) is 16.4. The van der Waals surface area contributed by atoms with Crippen molar-refractivity contribution in [2.75, 3.05) is 13.1 Å². The van der Waals surface area contributed by atoms with Gasteiger partial charge in [0.25, 0.3) is 0 Å². The van der Waals surface area contributed by atoms with E-state index in [1.165, 1.54) is 0 Å². The van der Waals surface area contributed by atoms with Gasteiger partial charge in [0, 0.05) is 29.4 Å². The lowest BCUT2D eigenvalue weighted by Gasteiger charge is -2.17. The Labute approximate surface area is 142 Å². The van der Waals surface area contributed by atoms with E-state index in [1.54, 1.807) is 0 Å². The fourth-order valence-electron chi connectivity index (χ4n) is 3.07. The van der Waals surface area contributed by atoms with Crippen molar-refractivity contribution in [1.82, 2.24) is 14.9 Å². The van der Waals surface area contributed by atoms with Gasteiger partial charge in [-0.1, -0.05) is 11.6 Å².